The maximum Gasteiger partial charge on any atom is 0.472 e. The number of carbonyl (C=O) groups excluding carboxylic acids is 1. The average molecular weight is 830 g/mol. The van der Waals surface area contributed by atoms with E-state index in [1.165, 1.54) is 141 Å². The van der Waals surface area contributed by atoms with Crippen molar-refractivity contribution >= 4 is 19.8 Å². The summed E-state index contributed by atoms with van der Waals surface area (Å²) < 4.78 is 33.4. The Morgan fingerprint density at radius 3 is 1.46 bits per heavy atom. The van der Waals surface area contributed by atoms with E-state index in [1.54, 1.807) is 0 Å². The zero-order valence-corrected chi connectivity index (χ0v) is 37.6. The molecule has 0 aromatic heterocycles. The van der Waals surface area contributed by atoms with E-state index >= 15 is 0 Å². The van der Waals surface area contributed by atoms with Crippen molar-refractivity contribution in [2.45, 2.75) is 231 Å². The van der Waals surface area contributed by atoms with E-state index in [4.69, 9.17) is 29.4 Å². The number of esters is 1. The number of rotatable bonds is 45. The molecule has 0 radical (unpaired) electrons. The van der Waals surface area contributed by atoms with Crippen molar-refractivity contribution in [3.63, 3.8) is 0 Å². The summed E-state index contributed by atoms with van der Waals surface area (Å²) in [6.45, 7) is 3.89. The van der Waals surface area contributed by atoms with Crippen molar-refractivity contribution in [3.8, 4) is 0 Å². The molecule has 1 unspecified atom stereocenters. The number of aliphatic carboxylic acids is 1. The first-order valence-corrected chi connectivity index (χ1v) is 24.9. The summed E-state index contributed by atoms with van der Waals surface area (Å²) in [5.74, 6) is -1.77. The van der Waals surface area contributed by atoms with Crippen molar-refractivity contribution < 1.29 is 42.7 Å². The molecule has 0 fully saturated rings. The van der Waals surface area contributed by atoms with Gasteiger partial charge >= 0.3 is 19.8 Å². The third-order valence-electron chi connectivity index (χ3n) is 10.2. The van der Waals surface area contributed by atoms with Crippen LogP contribution in [-0.2, 0) is 32.7 Å². The van der Waals surface area contributed by atoms with Crippen molar-refractivity contribution in [2.24, 2.45) is 5.73 Å². The number of carbonyl (C=O) groups is 2. The van der Waals surface area contributed by atoms with Gasteiger partial charge in [-0.3, -0.25) is 18.6 Å². The molecule has 0 bridgehead atoms. The number of allylic oxidation sites excluding steroid dienone is 4. The molecule has 11 heteroatoms. The fraction of sp³-hybridized carbons (Fsp3) is 0.870. The number of unbranched alkanes of at least 4 members (excludes halogenated alkanes) is 27. The molecule has 336 valence electrons. The lowest BCUT2D eigenvalue weighted by molar-refractivity contribution is -0.154. The molecule has 0 aliphatic carbocycles. The monoisotopic (exact) mass is 830 g/mol. The Morgan fingerprint density at radius 1 is 0.561 bits per heavy atom. The molecule has 3 atom stereocenters. The molecule has 0 saturated heterocycles. The number of phosphoric ester groups is 1. The Balaban J connectivity index is 4.18. The summed E-state index contributed by atoms with van der Waals surface area (Å²) in [6, 6.07) is -1.47. The smallest absolute Gasteiger partial charge is 0.472 e. The van der Waals surface area contributed by atoms with Crippen LogP contribution in [0.4, 0.5) is 0 Å². The first-order valence-electron chi connectivity index (χ1n) is 23.4. The molecule has 0 aliphatic rings. The van der Waals surface area contributed by atoms with Crippen LogP contribution in [0.3, 0.4) is 0 Å². The van der Waals surface area contributed by atoms with E-state index in [1.807, 2.05) is 0 Å². The minimum Gasteiger partial charge on any atom is -0.480 e. The molecule has 0 spiro atoms. The minimum atomic E-state index is -4.61. The van der Waals surface area contributed by atoms with Crippen LogP contribution in [0.15, 0.2) is 24.3 Å². The second kappa shape index (κ2) is 42.6. The van der Waals surface area contributed by atoms with Crippen LogP contribution < -0.4 is 5.73 Å². The second-order valence-electron chi connectivity index (χ2n) is 15.9. The SMILES string of the molecule is CCCCC/C=C\C/C=C\CCCCCCCCCCCC(=O)O[C@H](COCCCCCCCCCCCCCCCCCC)COP(=O)(O)OC[C@H](N)C(=O)O. The molecule has 0 amide bonds. The third kappa shape index (κ3) is 42.4. The number of ether oxygens (including phenoxy) is 2. The number of hydrogen-bond acceptors (Lipinski definition) is 8. The fourth-order valence-electron chi connectivity index (χ4n) is 6.58. The first-order chi connectivity index (χ1) is 27.7. The van der Waals surface area contributed by atoms with E-state index in [2.05, 4.69) is 38.2 Å². The maximum atomic E-state index is 12.7. The van der Waals surface area contributed by atoms with Crippen LogP contribution in [0, 0.1) is 0 Å². The van der Waals surface area contributed by atoms with Gasteiger partial charge in [0, 0.05) is 13.0 Å². The van der Waals surface area contributed by atoms with Gasteiger partial charge < -0.3 is 25.2 Å². The summed E-state index contributed by atoms with van der Waals surface area (Å²) in [6.07, 6.45) is 46.5. The molecule has 0 saturated carbocycles. The van der Waals surface area contributed by atoms with Gasteiger partial charge in [0.15, 0.2) is 0 Å². The summed E-state index contributed by atoms with van der Waals surface area (Å²) in [5.41, 5.74) is 5.36. The second-order valence-corrected chi connectivity index (χ2v) is 17.3. The van der Waals surface area contributed by atoms with Gasteiger partial charge in [0.05, 0.1) is 19.8 Å². The van der Waals surface area contributed by atoms with Crippen LogP contribution in [-0.4, -0.2) is 60.5 Å². The van der Waals surface area contributed by atoms with Gasteiger partial charge in [0.1, 0.15) is 12.1 Å². The van der Waals surface area contributed by atoms with E-state index in [-0.39, 0.29) is 13.0 Å². The molecular weight excluding hydrogens is 741 g/mol. The number of nitrogens with two attached hydrogens (primary N) is 1. The lowest BCUT2D eigenvalue weighted by Crippen LogP contribution is -2.34. The Labute approximate surface area is 349 Å². The Bertz CT molecular complexity index is 1010. The quantitative estimate of drug-likeness (QED) is 0.0234. The summed E-state index contributed by atoms with van der Waals surface area (Å²) >= 11 is 0. The van der Waals surface area contributed by atoms with E-state index in [9.17, 15) is 19.0 Å². The zero-order valence-electron chi connectivity index (χ0n) is 36.7. The first kappa shape index (κ1) is 55.5. The van der Waals surface area contributed by atoms with E-state index in [0.717, 1.165) is 51.4 Å². The van der Waals surface area contributed by atoms with Gasteiger partial charge in [-0.25, -0.2) is 4.57 Å². The van der Waals surface area contributed by atoms with E-state index < -0.39 is 45.1 Å². The average Bonchev–Trinajstić information content (AvgIpc) is 3.19. The van der Waals surface area contributed by atoms with Gasteiger partial charge in [0.2, 0.25) is 0 Å². The number of hydrogen-bond donors (Lipinski definition) is 3. The highest BCUT2D eigenvalue weighted by molar-refractivity contribution is 7.47. The molecule has 0 aliphatic heterocycles. The van der Waals surface area contributed by atoms with Crippen LogP contribution >= 0.6 is 7.82 Å². The lowest BCUT2D eigenvalue weighted by Gasteiger charge is -2.20. The van der Waals surface area contributed by atoms with Crippen molar-refractivity contribution in [3.05, 3.63) is 24.3 Å². The highest BCUT2D eigenvalue weighted by Crippen LogP contribution is 2.43. The largest absolute Gasteiger partial charge is 0.480 e. The van der Waals surface area contributed by atoms with Crippen molar-refractivity contribution in [1.82, 2.24) is 0 Å². The van der Waals surface area contributed by atoms with E-state index in [0.29, 0.717) is 13.0 Å². The van der Waals surface area contributed by atoms with Gasteiger partial charge in [0.25, 0.3) is 0 Å². The summed E-state index contributed by atoms with van der Waals surface area (Å²) in [7, 11) is -4.61. The number of carboxylic acid groups (broad SMARTS) is 1. The van der Waals surface area contributed by atoms with Crippen molar-refractivity contribution in [1.29, 1.82) is 0 Å². The maximum absolute atomic E-state index is 12.7. The Morgan fingerprint density at radius 2 is 0.965 bits per heavy atom. The molecule has 0 rings (SSSR count). The third-order valence-corrected chi connectivity index (χ3v) is 11.2. The lowest BCUT2D eigenvalue weighted by atomic mass is 10.0. The normalized spacial score (nSPS) is 14.0. The van der Waals surface area contributed by atoms with Gasteiger partial charge in [-0.1, -0.05) is 192 Å². The molecule has 10 nitrogen and oxygen atoms in total. The number of phosphoric acid groups is 1. The topological polar surface area (TPSA) is 155 Å². The highest BCUT2D eigenvalue weighted by Gasteiger charge is 2.27. The molecule has 0 aromatic rings. The Kier molecular flexibility index (Phi) is 41.4. The zero-order chi connectivity index (χ0) is 41.9. The van der Waals surface area contributed by atoms with Crippen LogP contribution in [0.1, 0.15) is 219 Å². The summed E-state index contributed by atoms with van der Waals surface area (Å²) in [4.78, 5) is 33.6. The van der Waals surface area contributed by atoms with Gasteiger partial charge in [-0.05, 0) is 44.9 Å². The Hall–Kier alpha value is -1.55. The summed E-state index contributed by atoms with van der Waals surface area (Å²) in [5, 5.41) is 8.91. The minimum absolute atomic E-state index is 0.0198. The predicted molar refractivity (Wildman–Crippen MR) is 235 cm³/mol. The molecule has 57 heavy (non-hydrogen) atoms. The molecule has 0 heterocycles. The van der Waals surface area contributed by atoms with Crippen LogP contribution in [0.25, 0.3) is 0 Å². The predicted octanol–water partition coefficient (Wildman–Crippen LogP) is 13.1. The van der Waals surface area contributed by atoms with Gasteiger partial charge in [-0.2, -0.15) is 0 Å². The molecule has 0 aromatic carbocycles. The highest BCUT2D eigenvalue weighted by atomic mass is 31.2. The van der Waals surface area contributed by atoms with Crippen LogP contribution in [0.2, 0.25) is 0 Å². The molecular formula is C46H88NO9P. The van der Waals surface area contributed by atoms with Gasteiger partial charge in [-0.15, -0.1) is 0 Å². The molecule has 4 N–H and O–H groups in total. The fourth-order valence-corrected chi connectivity index (χ4v) is 7.35. The number of carboxylic acids is 1. The van der Waals surface area contributed by atoms with Crippen molar-refractivity contribution in [2.75, 3.05) is 26.4 Å². The standard InChI is InChI=1S/C46H88NO9P/c1-3-5-7-9-11-13-15-17-19-21-22-23-24-26-28-30-32-34-36-38-45(48)56-43(41-54-57(51,52)55-42-44(47)46(49)50)40-53-39-37-35-33-31-29-27-25-20-18-16-14-12-10-8-6-4-2/h11,13,17,19,43-44H,3-10,12,14-16,18,20-42,47H2,1-2H3,(H,49,50)(H,51,52)/b13-11-,19-17-/t43-,44+/m1/s1. The van der Waals surface area contributed by atoms with Crippen LogP contribution in [0.5, 0.6) is 0 Å².